The third kappa shape index (κ3) is 4.86. The van der Waals surface area contributed by atoms with Crippen LogP contribution >= 0.6 is 0 Å². The minimum Gasteiger partial charge on any atom is -0.490 e. The fourth-order valence-electron chi connectivity index (χ4n) is 1.92. The Morgan fingerprint density at radius 2 is 1.86 bits per heavy atom. The Morgan fingerprint density at radius 1 is 1.14 bits per heavy atom. The molecule has 5 heteroatoms. The van der Waals surface area contributed by atoms with E-state index in [1.165, 1.54) is 12.1 Å². The molecule has 0 aromatic heterocycles. The molecule has 0 heterocycles. The second-order valence-corrected chi connectivity index (χ2v) is 4.75. The molecule has 0 fully saturated rings. The number of hydrogen-bond acceptors (Lipinski definition) is 3. The number of para-hydroxylation sites is 1. The summed E-state index contributed by atoms with van der Waals surface area (Å²) in [5, 5.41) is 11.6. The third-order valence-electron chi connectivity index (χ3n) is 3.06. The molecule has 2 rings (SSSR count). The van der Waals surface area contributed by atoms with Crippen LogP contribution in [0.25, 0.3) is 0 Å². The molecule has 116 valence electrons. The van der Waals surface area contributed by atoms with Crippen molar-refractivity contribution in [3.8, 4) is 5.75 Å². The topological polar surface area (TPSA) is 58.6 Å². The van der Waals surface area contributed by atoms with Gasteiger partial charge in [0.25, 0.3) is 0 Å². The molecule has 0 saturated heterocycles. The lowest BCUT2D eigenvalue weighted by atomic mass is 10.1. The fraction of sp³-hybridized carbons (Fsp3) is 0.235. The van der Waals surface area contributed by atoms with Crippen molar-refractivity contribution in [1.82, 2.24) is 0 Å². The van der Waals surface area contributed by atoms with Crippen LogP contribution in [-0.4, -0.2) is 24.2 Å². The number of rotatable bonds is 7. The highest BCUT2D eigenvalue weighted by Crippen LogP contribution is 2.15. The van der Waals surface area contributed by atoms with Crippen molar-refractivity contribution in [2.24, 2.45) is 0 Å². The molecule has 1 amide bonds. The van der Waals surface area contributed by atoms with E-state index in [0.717, 1.165) is 5.56 Å². The highest BCUT2D eigenvalue weighted by atomic mass is 19.1. The minimum atomic E-state index is -0.442. The highest BCUT2D eigenvalue weighted by Gasteiger charge is 2.05. The Hall–Kier alpha value is -2.40. The lowest BCUT2D eigenvalue weighted by Crippen LogP contribution is -2.15. The van der Waals surface area contributed by atoms with E-state index < -0.39 is 5.82 Å². The summed E-state index contributed by atoms with van der Waals surface area (Å²) < 4.78 is 18.6. The first-order valence-corrected chi connectivity index (χ1v) is 7.06. The number of benzene rings is 2. The van der Waals surface area contributed by atoms with Crippen LogP contribution in [0.5, 0.6) is 5.75 Å². The van der Waals surface area contributed by atoms with Gasteiger partial charge in [-0.1, -0.05) is 24.3 Å². The minimum absolute atomic E-state index is 0.0963. The van der Waals surface area contributed by atoms with E-state index in [9.17, 15) is 9.18 Å². The molecule has 0 atom stereocenters. The second-order valence-electron chi connectivity index (χ2n) is 4.75. The molecular weight excluding hydrogens is 285 g/mol. The summed E-state index contributed by atoms with van der Waals surface area (Å²) in [5.41, 5.74) is 1.68. The Labute approximate surface area is 128 Å². The maximum absolute atomic E-state index is 13.3. The number of halogens is 1. The van der Waals surface area contributed by atoms with E-state index in [0.29, 0.717) is 12.1 Å². The van der Waals surface area contributed by atoms with Gasteiger partial charge in [0.15, 0.2) is 11.6 Å². The molecule has 2 aromatic carbocycles. The predicted molar refractivity (Wildman–Crippen MR) is 82.4 cm³/mol. The summed E-state index contributed by atoms with van der Waals surface area (Å²) >= 11 is 0. The summed E-state index contributed by atoms with van der Waals surface area (Å²) in [6.07, 6.45) is 0.720. The van der Waals surface area contributed by atoms with Crippen LogP contribution in [-0.2, 0) is 11.2 Å². The smallest absolute Gasteiger partial charge is 0.227 e. The maximum atomic E-state index is 13.3. The van der Waals surface area contributed by atoms with Gasteiger partial charge >= 0.3 is 0 Å². The lowest BCUT2D eigenvalue weighted by Gasteiger charge is -2.08. The first kappa shape index (κ1) is 16.0. The van der Waals surface area contributed by atoms with Crippen molar-refractivity contribution < 1.29 is 19.0 Å². The number of ether oxygens (including phenoxy) is 1. The van der Waals surface area contributed by atoms with E-state index in [2.05, 4.69) is 5.32 Å². The Balaban J connectivity index is 1.77. The van der Waals surface area contributed by atoms with Gasteiger partial charge < -0.3 is 15.2 Å². The molecule has 0 spiro atoms. The molecule has 0 aliphatic heterocycles. The van der Waals surface area contributed by atoms with Crippen LogP contribution in [0.4, 0.5) is 10.1 Å². The molecule has 2 aromatic rings. The number of carbonyl (C=O) groups excluding carboxylic acids is 1. The zero-order chi connectivity index (χ0) is 15.8. The standard InChI is InChI=1S/C17H18FNO3/c18-15-3-1-2-4-16(15)22-12-10-17(21)19-14-7-5-13(6-8-14)9-11-20/h1-8,20H,9-12H2,(H,19,21). The lowest BCUT2D eigenvalue weighted by molar-refractivity contribution is -0.116. The second kappa shape index (κ2) is 8.14. The number of aliphatic hydroxyl groups excluding tert-OH is 1. The van der Waals surface area contributed by atoms with Crippen LogP contribution in [0.15, 0.2) is 48.5 Å². The summed E-state index contributed by atoms with van der Waals surface area (Å²) in [6.45, 7) is 0.203. The summed E-state index contributed by atoms with van der Waals surface area (Å²) in [6, 6.07) is 13.3. The molecule has 0 unspecified atom stereocenters. The molecule has 0 bridgehead atoms. The van der Waals surface area contributed by atoms with Crippen molar-refractivity contribution in [2.45, 2.75) is 12.8 Å². The van der Waals surface area contributed by atoms with Crippen molar-refractivity contribution in [3.63, 3.8) is 0 Å². The van der Waals surface area contributed by atoms with Crippen LogP contribution < -0.4 is 10.1 Å². The van der Waals surface area contributed by atoms with Crippen molar-refractivity contribution in [2.75, 3.05) is 18.5 Å². The number of amides is 1. The van der Waals surface area contributed by atoms with E-state index in [4.69, 9.17) is 9.84 Å². The van der Waals surface area contributed by atoms with Crippen LogP contribution in [0.1, 0.15) is 12.0 Å². The summed E-state index contributed by atoms with van der Waals surface area (Å²) in [7, 11) is 0. The Kier molecular flexibility index (Phi) is 5.91. The molecule has 0 aliphatic rings. The first-order valence-electron chi connectivity index (χ1n) is 7.06. The van der Waals surface area contributed by atoms with E-state index in [-0.39, 0.29) is 31.3 Å². The highest BCUT2D eigenvalue weighted by molar-refractivity contribution is 5.90. The average Bonchev–Trinajstić information content (AvgIpc) is 2.51. The van der Waals surface area contributed by atoms with Crippen molar-refractivity contribution >= 4 is 11.6 Å². The Morgan fingerprint density at radius 3 is 2.55 bits per heavy atom. The molecule has 2 N–H and O–H groups in total. The number of carbonyl (C=O) groups is 1. The first-order chi connectivity index (χ1) is 10.7. The molecule has 0 saturated carbocycles. The van der Waals surface area contributed by atoms with Gasteiger partial charge in [-0.25, -0.2) is 4.39 Å². The van der Waals surface area contributed by atoms with Gasteiger partial charge in [0, 0.05) is 12.3 Å². The molecule has 0 radical (unpaired) electrons. The van der Waals surface area contributed by atoms with Gasteiger partial charge in [-0.15, -0.1) is 0 Å². The third-order valence-corrected chi connectivity index (χ3v) is 3.06. The SMILES string of the molecule is O=C(CCOc1ccccc1F)Nc1ccc(CCO)cc1. The van der Waals surface area contributed by atoms with Crippen LogP contribution in [0, 0.1) is 5.82 Å². The van der Waals surface area contributed by atoms with Gasteiger partial charge in [-0.05, 0) is 36.2 Å². The number of nitrogens with one attached hydrogen (secondary N) is 1. The normalized spacial score (nSPS) is 10.3. The summed E-state index contributed by atoms with van der Waals surface area (Å²) in [5.74, 6) is -0.503. The zero-order valence-corrected chi connectivity index (χ0v) is 12.1. The van der Waals surface area contributed by atoms with Crippen molar-refractivity contribution in [3.05, 3.63) is 59.9 Å². The van der Waals surface area contributed by atoms with Gasteiger partial charge in [0.05, 0.1) is 13.0 Å². The molecule has 0 aliphatic carbocycles. The largest absolute Gasteiger partial charge is 0.490 e. The number of aliphatic hydroxyl groups is 1. The maximum Gasteiger partial charge on any atom is 0.227 e. The number of anilines is 1. The zero-order valence-electron chi connectivity index (χ0n) is 12.1. The van der Waals surface area contributed by atoms with E-state index >= 15 is 0 Å². The van der Waals surface area contributed by atoms with E-state index in [1.807, 2.05) is 12.1 Å². The van der Waals surface area contributed by atoms with Gasteiger partial charge in [0.1, 0.15) is 0 Å². The van der Waals surface area contributed by atoms with E-state index in [1.54, 1.807) is 24.3 Å². The number of hydrogen-bond donors (Lipinski definition) is 2. The fourth-order valence-corrected chi connectivity index (χ4v) is 1.92. The van der Waals surface area contributed by atoms with Crippen molar-refractivity contribution in [1.29, 1.82) is 0 Å². The monoisotopic (exact) mass is 303 g/mol. The average molecular weight is 303 g/mol. The predicted octanol–water partition coefficient (Wildman–Crippen LogP) is 2.77. The molecule has 22 heavy (non-hydrogen) atoms. The van der Waals surface area contributed by atoms with Gasteiger partial charge in [-0.3, -0.25) is 4.79 Å². The Bertz CT molecular complexity index is 614. The quantitative estimate of drug-likeness (QED) is 0.827. The van der Waals surface area contributed by atoms with Gasteiger partial charge in [-0.2, -0.15) is 0 Å². The molecule has 4 nitrogen and oxygen atoms in total. The van der Waals surface area contributed by atoms with Crippen LogP contribution in [0.2, 0.25) is 0 Å². The molecular formula is C17H18FNO3. The van der Waals surface area contributed by atoms with Gasteiger partial charge in [0.2, 0.25) is 5.91 Å². The summed E-state index contributed by atoms with van der Waals surface area (Å²) in [4.78, 5) is 11.8. The van der Waals surface area contributed by atoms with Crippen LogP contribution in [0.3, 0.4) is 0 Å².